The lowest BCUT2D eigenvalue weighted by molar-refractivity contribution is -0.119. The van der Waals surface area contributed by atoms with Gasteiger partial charge in [0.15, 0.2) is 5.16 Å². The standard InChI is InChI=1S/C22H25N3O3S/c1-14-8-7-9-15(2)20(14)25-21(27)17-10-5-6-11-18(17)24-22(25)29-13-19(26)23-16(3)12-28-4/h5-11,16H,12-13H2,1-4H3,(H,23,26). The number of aromatic nitrogens is 2. The third-order valence-electron chi connectivity index (χ3n) is 4.56. The predicted octanol–water partition coefficient (Wildman–Crippen LogP) is 3.25. The van der Waals surface area contributed by atoms with Crippen molar-refractivity contribution < 1.29 is 9.53 Å². The van der Waals surface area contributed by atoms with Gasteiger partial charge in [-0.1, -0.05) is 42.1 Å². The molecule has 0 saturated carbocycles. The van der Waals surface area contributed by atoms with Gasteiger partial charge in [-0.05, 0) is 44.0 Å². The molecule has 0 bridgehead atoms. The van der Waals surface area contributed by atoms with Gasteiger partial charge in [-0.3, -0.25) is 14.2 Å². The van der Waals surface area contributed by atoms with Crippen molar-refractivity contribution in [3.63, 3.8) is 0 Å². The number of methoxy groups -OCH3 is 1. The van der Waals surface area contributed by atoms with Crippen LogP contribution in [0.25, 0.3) is 16.6 Å². The van der Waals surface area contributed by atoms with Gasteiger partial charge in [0.05, 0.1) is 29.0 Å². The maximum Gasteiger partial charge on any atom is 0.266 e. The Labute approximate surface area is 174 Å². The number of amides is 1. The number of nitrogens with one attached hydrogen (secondary N) is 1. The highest BCUT2D eigenvalue weighted by Gasteiger charge is 2.17. The summed E-state index contributed by atoms with van der Waals surface area (Å²) in [5.74, 6) is 0.0269. The highest BCUT2D eigenvalue weighted by Crippen LogP contribution is 2.25. The first-order chi connectivity index (χ1) is 13.9. The number of hydrogen-bond donors (Lipinski definition) is 1. The zero-order chi connectivity index (χ0) is 21.0. The van der Waals surface area contributed by atoms with Crippen molar-refractivity contribution in [1.82, 2.24) is 14.9 Å². The number of fused-ring (bicyclic) bond motifs is 1. The quantitative estimate of drug-likeness (QED) is 0.477. The van der Waals surface area contributed by atoms with Gasteiger partial charge < -0.3 is 10.1 Å². The summed E-state index contributed by atoms with van der Waals surface area (Å²) in [5.41, 5.74) is 3.25. The van der Waals surface area contributed by atoms with Gasteiger partial charge in [-0.15, -0.1) is 0 Å². The highest BCUT2D eigenvalue weighted by molar-refractivity contribution is 7.99. The largest absolute Gasteiger partial charge is 0.383 e. The molecule has 0 fully saturated rings. The molecule has 3 aromatic rings. The number of nitrogens with zero attached hydrogens (tertiary/aromatic N) is 2. The number of para-hydroxylation sites is 2. The van der Waals surface area contributed by atoms with Crippen molar-refractivity contribution in [2.24, 2.45) is 0 Å². The molecule has 29 heavy (non-hydrogen) atoms. The second-order valence-electron chi connectivity index (χ2n) is 7.01. The van der Waals surface area contributed by atoms with E-state index < -0.39 is 0 Å². The Hall–Kier alpha value is -2.64. The lowest BCUT2D eigenvalue weighted by atomic mass is 10.1. The molecule has 0 spiro atoms. The van der Waals surface area contributed by atoms with Gasteiger partial charge in [-0.2, -0.15) is 0 Å². The molecular weight excluding hydrogens is 386 g/mol. The fourth-order valence-corrected chi connectivity index (χ4v) is 4.11. The van der Waals surface area contributed by atoms with Gasteiger partial charge in [0, 0.05) is 13.2 Å². The molecule has 7 heteroatoms. The van der Waals surface area contributed by atoms with Crippen LogP contribution in [0, 0.1) is 13.8 Å². The van der Waals surface area contributed by atoms with Gasteiger partial charge >= 0.3 is 0 Å². The molecule has 6 nitrogen and oxygen atoms in total. The average Bonchev–Trinajstić information content (AvgIpc) is 2.68. The van der Waals surface area contributed by atoms with Crippen LogP contribution in [0.2, 0.25) is 0 Å². The van der Waals surface area contributed by atoms with Crippen molar-refractivity contribution in [3.8, 4) is 5.69 Å². The topological polar surface area (TPSA) is 73.2 Å². The number of aryl methyl sites for hydroxylation is 2. The van der Waals surface area contributed by atoms with Crippen LogP contribution in [0.4, 0.5) is 0 Å². The molecule has 1 atom stereocenters. The Morgan fingerprint density at radius 1 is 1.17 bits per heavy atom. The predicted molar refractivity (Wildman–Crippen MR) is 117 cm³/mol. The normalized spacial score (nSPS) is 12.1. The third kappa shape index (κ3) is 4.68. The van der Waals surface area contributed by atoms with Crippen LogP contribution < -0.4 is 10.9 Å². The molecular formula is C22H25N3O3S. The van der Waals surface area contributed by atoms with E-state index in [1.54, 1.807) is 17.7 Å². The summed E-state index contributed by atoms with van der Waals surface area (Å²) in [5, 5.41) is 3.94. The third-order valence-corrected chi connectivity index (χ3v) is 5.50. The van der Waals surface area contributed by atoms with E-state index in [2.05, 4.69) is 5.32 Å². The highest BCUT2D eigenvalue weighted by atomic mass is 32.2. The summed E-state index contributed by atoms with van der Waals surface area (Å²) in [4.78, 5) is 30.4. The van der Waals surface area contributed by atoms with Crippen LogP contribution in [-0.2, 0) is 9.53 Å². The van der Waals surface area contributed by atoms with Crippen molar-refractivity contribution in [1.29, 1.82) is 0 Å². The Balaban J connectivity index is 2.04. The molecule has 1 aromatic heterocycles. The molecule has 0 aliphatic carbocycles. The fourth-order valence-electron chi connectivity index (χ4n) is 3.30. The van der Waals surface area contributed by atoms with Crippen LogP contribution >= 0.6 is 11.8 Å². The van der Waals surface area contributed by atoms with E-state index in [1.807, 2.05) is 57.2 Å². The number of carbonyl (C=O) groups is 1. The van der Waals surface area contributed by atoms with E-state index >= 15 is 0 Å². The summed E-state index contributed by atoms with van der Waals surface area (Å²) in [6.45, 7) is 6.26. The Bertz CT molecular complexity index is 1070. The Morgan fingerprint density at radius 2 is 1.86 bits per heavy atom. The van der Waals surface area contributed by atoms with E-state index in [0.29, 0.717) is 22.7 Å². The first kappa shape index (κ1) is 21.1. The zero-order valence-corrected chi connectivity index (χ0v) is 17.9. The number of ether oxygens (including phenoxy) is 1. The maximum atomic E-state index is 13.4. The summed E-state index contributed by atoms with van der Waals surface area (Å²) in [7, 11) is 1.60. The van der Waals surface area contributed by atoms with Crippen LogP contribution in [0.15, 0.2) is 52.4 Å². The second-order valence-corrected chi connectivity index (χ2v) is 7.95. The monoisotopic (exact) mass is 411 g/mol. The lowest BCUT2D eigenvalue weighted by Crippen LogP contribution is -2.36. The SMILES string of the molecule is COCC(C)NC(=O)CSc1nc2ccccc2c(=O)n1-c1c(C)cccc1C. The van der Waals surface area contributed by atoms with E-state index in [9.17, 15) is 9.59 Å². The molecule has 1 amide bonds. The number of carbonyl (C=O) groups excluding carboxylic acids is 1. The number of thioether (sulfide) groups is 1. The van der Waals surface area contributed by atoms with Gasteiger partial charge in [0.25, 0.3) is 5.56 Å². The maximum absolute atomic E-state index is 13.4. The van der Waals surface area contributed by atoms with Crippen molar-refractivity contribution in [2.45, 2.75) is 32.0 Å². The van der Waals surface area contributed by atoms with E-state index in [-0.39, 0.29) is 23.3 Å². The van der Waals surface area contributed by atoms with Gasteiger partial charge in [0.1, 0.15) is 0 Å². The number of benzene rings is 2. The van der Waals surface area contributed by atoms with E-state index in [0.717, 1.165) is 16.8 Å². The van der Waals surface area contributed by atoms with Crippen molar-refractivity contribution in [3.05, 3.63) is 63.9 Å². The molecule has 0 saturated heterocycles. The zero-order valence-electron chi connectivity index (χ0n) is 17.1. The summed E-state index contributed by atoms with van der Waals surface area (Å²) in [6.07, 6.45) is 0. The molecule has 152 valence electrons. The molecule has 0 aliphatic rings. The van der Waals surface area contributed by atoms with Crippen LogP contribution in [-0.4, -0.2) is 41.0 Å². The lowest BCUT2D eigenvalue weighted by Gasteiger charge is -2.17. The molecule has 1 heterocycles. The summed E-state index contributed by atoms with van der Waals surface area (Å²) in [6, 6.07) is 13.1. The summed E-state index contributed by atoms with van der Waals surface area (Å²) < 4.78 is 6.68. The molecule has 1 unspecified atom stereocenters. The first-order valence-electron chi connectivity index (χ1n) is 9.42. The molecule has 0 radical (unpaired) electrons. The van der Waals surface area contributed by atoms with Crippen molar-refractivity contribution >= 4 is 28.6 Å². The van der Waals surface area contributed by atoms with Crippen LogP contribution in [0.1, 0.15) is 18.1 Å². The molecule has 1 N–H and O–H groups in total. The minimum atomic E-state index is -0.136. The van der Waals surface area contributed by atoms with E-state index in [1.165, 1.54) is 11.8 Å². The van der Waals surface area contributed by atoms with Gasteiger partial charge in [0.2, 0.25) is 5.91 Å². The summed E-state index contributed by atoms with van der Waals surface area (Å²) >= 11 is 1.26. The average molecular weight is 412 g/mol. The Kier molecular flexibility index (Phi) is 6.71. The van der Waals surface area contributed by atoms with Gasteiger partial charge in [-0.25, -0.2) is 4.98 Å². The fraction of sp³-hybridized carbons (Fsp3) is 0.318. The van der Waals surface area contributed by atoms with E-state index in [4.69, 9.17) is 9.72 Å². The minimum absolute atomic E-state index is 0.0848. The molecule has 3 rings (SSSR count). The first-order valence-corrected chi connectivity index (χ1v) is 10.4. The number of rotatable bonds is 7. The van der Waals surface area contributed by atoms with Crippen molar-refractivity contribution in [2.75, 3.05) is 19.5 Å². The second kappa shape index (κ2) is 9.24. The molecule has 2 aromatic carbocycles. The number of hydrogen-bond acceptors (Lipinski definition) is 5. The Morgan fingerprint density at radius 3 is 2.55 bits per heavy atom. The van der Waals surface area contributed by atoms with Crippen LogP contribution in [0.5, 0.6) is 0 Å². The van der Waals surface area contributed by atoms with Crippen LogP contribution in [0.3, 0.4) is 0 Å². The minimum Gasteiger partial charge on any atom is -0.383 e. The smallest absolute Gasteiger partial charge is 0.266 e. The molecule has 0 aliphatic heterocycles.